The maximum atomic E-state index is 13.8. The van der Waals surface area contributed by atoms with E-state index >= 15 is 0 Å². The largest absolute Gasteiger partial charge is 0.356 e. The number of carbonyl (C=O) groups is 4. The number of nitrogens with one attached hydrogen (secondary N) is 4. The fourth-order valence-corrected chi connectivity index (χ4v) is 5.69. The number of carbonyl (C=O) groups excluding carboxylic acids is 4. The van der Waals surface area contributed by atoms with Gasteiger partial charge in [-0.05, 0) is 56.3 Å². The van der Waals surface area contributed by atoms with Crippen LogP contribution in [0.15, 0.2) is 0 Å². The van der Waals surface area contributed by atoms with E-state index in [1.807, 2.05) is 41.5 Å². The van der Waals surface area contributed by atoms with E-state index in [1.165, 1.54) is 0 Å². The molecule has 1 unspecified atom stereocenters. The molecule has 10 heteroatoms. The first-order valence-electron chi connectivity index (χ1n) is 12.8. The molecule has 0 aromatic carbocycles. The second kappa shape index (κ2) is 9.56. The van der Waals surface area contributed by atoms with Gasteiger partial charge in [-0.1, -0.05) is 34.6 Å². The van der Waals surface area contributed by atoms with Gasteiger partial charge in [0.15, 0.2) is 0 Å². The first-order chi connectivity index (χ1) is 16.5. The molecule has 1 aliphatic carbocycles. The summed E-state index contributed by atoms with van der Waals surface area (Å²) >= 11 is 0. The molecule has 6 atom stereocenters. The summed E-state index contributed by atoms with van der Waals surface area (Å²) in [7, 11) is 0. The lowest BCUT2D eigenvalue weighted by molar-refractivity contribution is -0.143. The zero-order chi connectivity index (χ0) is 27.2. The third kappa shape index (κ3) is 5.76. The van der Waals surface area contributed by atoms with Crippen molar-refractivity contribution < 1.29 is 19.2 Å². The average molecular weight is 503 g/mol. The van der Waals surface area contributed by atoms with Gasteiger partial charge in [-0.25, -0.2) is 4.79 Å². The van der Waals surface area contributed by atoms with Gasteiger partial charge in [0, 0.05) is 24.5 Å². The van der Waals surface area contributed by atoms with Gasteiger partial charge < -0.3 is 26.2 Å². The number of hydrogen-bond donors (Lipinski definition) is 4. The number of hydrogen-bond acceptors (Lipinski definition) is 5. The molecule has 36 heavy (non-hydrogen) atoms. The average Bonchev–Trinajstić information content (AvgIpc) is 3.08. The lowest BCUT2D eigenvalue weighted by atomic mass is 9.85. The standard InChI is InChI=1S/C26H42N6O4/c1-24(2,3)19(30-23(36)31-25(4,5)6)22(35)32-13-16-17(26(16,7)8)18(32)21(34)29-15(12-27)11-14-9-10-28-20(14)33/h14-19H,9-11,13H2,1-8H3,(H,28,33)(H,29,34)(H2,30,31,36)/t14-,15?,16-,17-,18-,19+/m0/s1. The van der Waals surface area contributed by atoms with Crippen LogP contribution in [0.4, 0.5) is 4.79 Å². The summed E-state index contributed by atoms with van der Waals surface area (Å²) in [6, 6.07) is -0.730. The highest BCUT2D eigenvalue weighted by Crippen LogP contribution is 2.65. The molecule has 0 bridgehead atoms. The predicted molar refractivity (Wildman–Crippen MR) is 134 cm³/mol. The van der Waals surface area contributed by atoms with Crippen LogP contribution < -0.4 is 21.3 Å². The molecule has 3 fully saturated rings. The molecular weight excluding hydrogens is 460 g/mol. The van der Waals surface area contributed by atoms with Crippen molar-refractivity contribution in [2.24, 2.45) is 28.6 Å². The van der Waals surface area contributed by atoms with Crippen molar-refractivity contribution in [3.63, 3.8) is 0 Å². The van der Waals surface area contributed by atoms with Crippen LogP contribution >= 0.6 is 0 Å². The number of likely N-dealkylation sites (tertiary alicyclic amines) is 1. The van der Waals surface area contributed by atoms with Gasteiger partial charge >= 0.3 is 6.03 Å². The summed E-state index contributed by atoms with van der Waals surface area (Å²) in [6.07, 6.45) is 0.875. The molecule has 3 aliphatic rings. The summed E-state index contributed by atoms with van der Waals surface area (Å²) in [5, 5.41) is 20.9. The molecule has 2 heterocycles. The molecule has 0 aromatic rings. The Kier molecular flexibility index (Phi) is 7.37. The molecular formula is C26H42N6O4. The Labute approximate surface area is 214 Å². The van der Waals surface area contributed by atoms with Crippen molar-refractivity contribution in [3.8, 4) is 6.07 Å². The smallest absolute Gasteiger partial charge is 0.315 e. The van der Waals surface area contributed by atoms with Gasteiger partial charge in [-0.3, -0.25) is 14.4 Å². The normalized spacial score (nSPS) is 28.3. The molecule has 200 valence electrons. The number of amides is 5. The van der Waals surface area contributed by atoms with E-state index in [1.54, 1.807) is 4.90 Å². The Morgan fingerprint density at radius 1 is 1.17 bits per heavy atom. The second-order valence-corrected chi connectivity index (χ2v) is 13.2. The lowest BCUT2D eigenvalue weighted by Crippen LogP contribution is -2.61. The molecule has 0 radical (unpaired) electrons. The second-order valence-electron chi connectivity index (χ2n) is 13.2. The summed E-state index contributed by atoms with van der Waals surface area (Å²) in [5.41, 5.74) is -1.17. The number of urea groups is 1. The first-order valence-corrected chi connectivity index (χ1v) is 12.8. The monoisotopic (exact) mass is 502 g/mol. The Balaban J connectivity index is 1.79. The van der Waals surface area contributed by atoms with Crippen LogP contribution in [0.1, 0.15) is 68.2 Å². The third-order valence-electron chi connectivity index (χ3n) is 7.79. The van der Waals surface area contributed by atoms with Gasteiger partial charge in [-0.2, -0.15) is 5.26 Å². The van der Waals surface area contributed by atoms with Crippen molar-refractivity contribution in [2.45, 2.75) is 91.9 Å². The summed E-state index contributed by atoms with van der Waals surface area (Å²) < 4.78 is 0. The zero-order valence-corrected chi connectivity index (χ0v) is 22.8. The predicted octanol–water partition coefficient (Wildman–Crippen LogP) is 1.52. The Bertz CT molecular complexity index is 957. The van der Waals surface area contributed by atoms with Crippen LogP contribution in [-0.2, 0) is 14.4 Å². The van der Waals surface area contributed by atoms with Crippen LogP contribution in [0.25, 0.3) is 0 Å². The number of fused-ring (bicyclic) bond motifs is 1. The van der Waals surface area contributed by atoms with Gasteiger partial charge in [0.25, 0.3) is 0 Å². The van der Waals surface area contributed by atoms with E-state index in [0.29, 0.717) is 19.5 Å². The number of rotatable bonds is 6. The number of piperidine rings is 1. The van der Waals surface area contributed by atoms with Gasteiger partial charge in [0.05, 0.1) is 6.07 Å². The van der Waals surface area contributed by atoms with Crippen molar-refractivity contribution >= 4 is 23.8 Å². The minimum atomic E-state index is -0.843. The van der Waals surface area contributed by atoms with E-state index in [2.05, 4.69) is 41.2 Å². The van der Waals surface area contributed by atoms with E-state index < -0.39 is 35.1 Å². The van der Waals surface area contributed by atoms with Gasteiger partial charge in [-0.15, -0.1) is 0 Å². The minimum absolute atomic E-state index is 0.0282. The van der Waals surface area contributed by atoms with Crippen molar-refractivity contribution in [2.75, 3.05) is 13.1 Å². The number of nitriles is 1. The highest BCUT2D eigenvalue weighted by molar-refractivity contribution is 5.94. The Morgan fingerprint density at radius 2 is 1.81 bits per heavy atom. The molecule has 0 aromatic heterocycles. The highest BCUT2D eigenvalue weighted by atomic mass is 16.2. The van der Waals surface area contributed by atoms with Crippen LogP contribution in [0.5, 0.6) is 0 Å². The zero-order valence-electron chi connectivity index (χ0n) is 22.8. The van der Waals surface area contributed by atoms with Crippen molar-refractivity contribution in [1.82, 2.24) is 26.2 Å². The van der Waals surface area contributed by atoms with E-state index in [4.69, 9.17) is 0 Å². The highest BCUT2D eigenvalue weighted by Gasteiger charge is 2.69. The Hall–Kier alpha value is -2.83. The van der Waals surface area contributed by atoms with Crippen molar-refractivity contribution in [3.05, 3.63) is 0 Å². The molecule has 2 saturated heterocycles. The van der Waals surface area contributed by atoms with Crippen LogP contribution in [0.2, 0.25) is 0 Å². The quantitative estimate of drug-likeness (QED) is 0.435. The molecule has 10 nitrogen and oxygen atoms in total. The van der Waals surface area contributed by atoms with Crippen LogP contribution in [-0.4, -0.2) is 65.4 Å². The third-order valence-corrected chi connectivity index (χ3v) is 7.79. The summed E-state index contributed by atoms with van der Waals surface area (Å²) in [4.78, 5) is 53.6. The molecule has 4 N–H and O–H groups in total. The van der Waals surface area contributed by atoms with Crippen LogP contribution in [0.3, 0.4) is 0 Å². The molecule has 2 aliphatic heterocycles. The van der Waals surface area contributed by atoms with Gasteiger partial charge in [0.2, 0.25) is 17.7 Å². The van der Waals surface area contributed by atoms with Gasteiger partial charge in [0.1, 0.15) is 18.1 Å². The lowest BCUT2D eigenvalue weighted by Gasteiger charge is -2.38. The fourth-order valence-electron chi connectivity index (χ4n) is 5.69. The maximum Gasteiger partial charge on any atom is 0.315 e. The fraction of sp³-hybridized carbons (Fsp3) is 0.808. The van der Waals surface area contributed by atoms with E-state index in [9.17, 15) is 24.4 Å². The summed E-state index contributed by atoms with van der Waals surface area (Å²) in [6.45, 7) is 16.4. The molecule has 0 spiro atoms. The van der Waals surface area contributed by atoms with Crippen molar-refractivity contribution in [1.29, 1.82) is 5.26 Å². The SMILES string of the molecule is CC(C)(C)NC(=O)N[C@H](C(=O)N1C[C@H]2[C@@H]([C@H]1C(=O)NC(C#N)C[C@@H]1CCNC1=O)C2(C)C)C(C)(C)C. The maximum absolute atomic E-state index is 13.8. The van der Waals surface area contributed by atoms with E-state index in [-0.39, 0.29) is 47.3 Å². The first kappa shape index (κ1) is 27.8. The Morgan fingerprint density at radius 3 is 2.31 bits per heavy atom. The topological polar surface area (TPSA) is 143 Å². The molecule has 5 amide bonds. The molecule has 3 rings (SSSR count). The minimum Gasteiger partial charge on any atom is -0.356 e. The van der Waals surface area contributed by atoms with Crippen LogP contribution in [0, 0.1) is 39.9 Å². The number of nitrogens with zero attached hydrogens (tertiary/aromatic N) is 2. The van der Waals surface area contributed by atoms with E-state index in [0.717, 1.165) is 0 Å². The molecule has 1 saturated carbocycles. The summed E-state index contributed by atoms with van der Waals surface area (Å²) in [5.74, 6) is -0.950.